The van der Waals surface area contributed by atoms with E-state index in [4.69, 9.17) is 0 Å². The van der Waals surface area contributed by atoms with Gasteiger partial charge < -0.3 is 14.8 Å². The van der Waals surface area contributed by atoms with Gasteiger partial charge in [0.25, 0.3) is 11.8 Å². The lowest BCUT2D eigenvalue weighted by atomic mass is 10.1. The summed E-state index contributed by atoms with van der Waals surface area (Å²) in [6.45, 7) is 3.98. The number of amides is 2. The van der Waals surface area contributed by atoms with E-state index in [1.165, 1.54) is 18.6 Å². The van der Waals surface area contributed by atoms with Gasteiger partial charge >= 0.3 is 0 Å². The van der Waals surface area contributed by atoms with Gasteiger partial charge in [-0.25, -0.2) is 9.97 Å². The highest BCUT2D eigenvalue weighted by molar-refractivity contribution is 5.97. The number of carbonyl (C=O) groups excluding carboxylic acids is 2. The molecule has 1 aliphatic rings. The summed E-state index contributed by atoms with van der Waals surface area (Å²) in [7, 11) is 0. The fourth-order valence-corrected chi connectivity index (χ4v) is 3.23. The van der Waals surface area contributed by atoms with E-state index in [-0.39, 0.29) is 11.8 Å². The molecule has 0 atom stereocenters. The van der Waals surface area contributed by atoms with Crippen LogP contribution >= 0.6 is 0 Å². The molecule has 138 valence electrons. The van der Waals surface area contributed by atoms with E-state index in [9.17, 15) is 9.59 Å². The highest BCUT2D eigenvalue weighted by atomic mass is 16.2. The minimum absolute atomic E-state index is 0.0313. The van der Waals surface area contributed by atoms with Crippen molar-refractivity contribution in [3.8, 4) is 0 Å². The van der Waals surface area contributed by atoms with Crippen molar-refractivity contribution in [3.63, 3.8) is 0 Å². The molecule has 3 aromatic rings. The summed E-state index contributed by atoms with van der Waals surface area (Å²) >= 11 is 0. The molecule has 8 nitrogen and oxygen atoms in total. The van der Waals surface area contributed by atoms with Crippen LogP contribution in [-0.2, 0) is 6.42 Å². The number of nitrogens with zero attached hydrogens (tertiary/aromatic N) is 5. The van der Waals surface area contributed by atoms with Gasteiger partial charge in [-0.2, -0.15) is 0 Å². The fourth-order valence-electron chi connectivity index (χ4n) is 3.23. The molecule has 0 unspecified atom stereocenters. The second kappa shape index (κ2) is 7.14. The van der Waals surface area contributed by atoms with Crippen LogP contribution in [0.1, 0.15) is 33.6 Å². The van der Waals surface area contributed by atoms with Gasteiger partial charge in [0.15, 0.2) is 0 Å². The van der Waals surface area contributed by atoms with Gasteiger partial charge in [-0.05, 0) is 18.2 Å². The Morgan fingerprint density at radius 1 is 1.07 bits per heavy atom. The van der Waals surface area contributed by atoms with Crippen LogP contribution in [0.5, 0.6) is 0 Å². The number of rotatable bonds is 3. The van der Waals surface area contributed by atoms with Crippen LogP contribution in [0, 0.1) is 0 Å². The number of H-pyrrole nitrogens is 1. The first-order valence-electron chi connectivity index (χ1n) is 8.99. The molecule has 0 saturated carbocycles. The van der Waals surface area contributed by atoms with Crippen molar-refractivity contribution in [1.82, 2.24) is 29.7 Å². The predicted molar refractivity (Wildman–Crippen MR) is 99.3 cm³/mol. The number of piperazine rings is 1. The lowest BCUT2D eigenvalue weighted by Crippen LogP contribution is -2.50. The number of nitrogens with one attached hydrogen (secondary N) is 1. The van der Waals surface area contributed by atoms with Gasteiger partial charge in [-0.1, -0.05) is 6.92 Å². The summed E-state index contributed by atoms with van der Waals surface area (Å²) < 4.78 is 0. The zero-order valence-electron chi connectivity index (χ0n) is 15.1. The first-order valence-corrected chi connectivity index (χ1v) is 8.99. The summed E-state index contributed by atoms with van der Waals surface area (Å²) in [5.41, 5.74) is 2.69. The number of hydrogen-bond acceptors (Lipinski definition) is 5. The van der Waals surface area contributed by atoms with Gasteiger partial charge in [0.2, 0.25) is 0 Å². The molecule has 27 heavy (non-hydrogen) atoms. The van der Waals surface area contributed by atoms with Crippen molar-refractivity contribution in [2.75, 3.05) is 26.2 Å². The lowest BCUT2D eigenvalue weighted by Gasteiger charge is -2.34. The standard InChI is InChI=1S/C19H20N6O2/c1-2-17-22-14-4-3-13(11-15(14)23-17)18(26)24-7-9-25(10-8-24)19(27)16-12-20-5-6-21-16/h3-6,11-12H,2,7-10H2,1H3,(H,22,23). The molecule has 0 bridgehead atoms. The molecule has 1 aliphatic heterocycles. The van der Waals surface area contributed by atoms with E-state index in [0.717, 1.165) is 23.3 Å². The van der Waals surface area contributed by atoms with E-state index < -0.39 is 0 Å². The smallest absolute Gasteiger partial charge is 0.274 e. The van der Waals surface area contributed by atoms with Crippen molar-refractivity contribution < 1.29 is 9.59 Å². The number of aromatic nitrogens is 4. The van der Waals surface area contributed by atoms with E-state index in [1.807, 2.05) is 25.1 Å². The van der Waals surface area contributed by atoms with E-state index in [0.29, 0.717) is 37.4 Å². The third-order valence-electron chi connectivity index (χ3n) is 4.75. The Balaban J connectivity index is 1.43. The first-order chi connectivity index (χ1) is 13.2. The summed E-state index contributed by atoms with van der Waals surface area (Å²) in [6.07, 6.45) is 5.32. The number of aromatic amines is 1. The molecule has 3 heterocycles. The second-order valence-electron chi connectivity index (χ2n) is 6.44. The molecule has 1 N–H and O–H groups in total. The SMILES string of the molecule is CCc1nc2ccc(C(=O)N3CCN(C(=O)c4cnccn4)CC3)cc2[nH]1. The lowest BCUT2D eigenvalue weighted by molar-refractivity contribution is 0.0532. The third-order valence-corrected chi connectivity index (χ3v) is 4.75. The Labute approximate surface area is 156 Å². The van der Waals surface area contributed by atoms with E-state index in [2.05, 4.69) is 19.9 Å². The maximum absolute atomic E-state index is 12.8. The number of hydrogen-bond donors (Lipinski definition) is 1. The van der Waals surface area contributed by atoms with Crippen LogP contribution in [0.15, 0.2) is 36.8 Å². The number of aryl methyl sites for hydroxylation is 1. The highest BCUT2D eigenvalue weighted by Gasteiger charge is 2.26. The van der Waals surface area contributed by atoms with Crippen molar-refractivity contribution >= 4 is 22.8 Å². The normalized spacial score (nSPS) is 14.6. The largest absolute Gasteiger partial charge is 0.342 e. The second-order valence-corrected chi connectivity index (χ2v) is 6.44. The third kappa shape index (κ3) is 3.38. The van der Waals surface area contributed by atoms with Gasteiger partial charge in [0.1, 0.15) is 11.5 Å². The summed E-state index contributed by atoms with van der Waals surface area (Å²) in [5, 5.41) is 0. The number of benzene rings is 1. The van der Waals surface area contributed by atoms with E-state index >= 15 is 0 Å². The first kappa shape index (κ1) is 17.1. The molecule has 4 rings (SSSR count). The number of imidazole rings is 1. The molecule has 2 amide bonds. The average molecular weight is 364 g/mol. The zero-order chi connectivity index (χ0) is 18.8. The highest BCUT2D eigenvalue weighted by Crippen LogP contribution is 2.17. The van der Waals surface area contributed by atoms with Crippen LogP contribution in [0.3, 0.4) is 0 Å². The Morgan fingerprint density at radius 3 is 2.48 bits per heavy atom. The van der Waals surface area contributed by atoms with Crippen LogP contribution in [0.25, 0.3) is 11.0 Å². The monoisotopic (exact) mass is 364 g/mol. The summed E-state index contributed by atoms with van der Waals surface area (Å²) in [4.78, 5) is 44.4. The zero-order valence-corrected chi connectivity index (χ0v) is 15.1. The topological polar surface area (TPSA) is 95.1 Å². The van der Waals surface area contributed by atoms with Crippen molar-refractivity contribution in [3.05, 3.63) is 53.9 Å². The molecule has 8 heteroatoms. The molecular weight excluding hydrogens is 344 g/mol. The van der Waals surface area contributed by atoms with Crippen molar-refractivity contribution in [1.29, 1.82) is 0 Å². The Bertz CT molecular complexity index is 976. The minimum atomic E-state index is -0.152. The van der Waals surface area contributed by atoms with Crippen molar-refractivity contribution in [2.24, 2.45) is 0 Å². The fraction of sp³-hybridized carbons (Fsp3) is 0.316. The Morgan fingerprint density at radius 2 is 1.81 bits per heavy atom. The Hall–Kier alpha value is -3.29. The minimum Gasteiger partial charge on any atom is -0.342 e. The van der Waals surface area contributed by atoms with Crippen LogP contribution in [0.4, 0.5) is 0 Å². The van der Waals surface area contributed by atoms with Gasteiger partial charge in [0.05, 0.1) is 17.2 Å². The van der Waals surface area contributed by atoms with Crippen molar-refractivity contribution in [2.45, 2.75) is 13.3 Å². The quantitative estimate of drug-likeness (QED) is 0.760. The maximum Gasteiger partial charge on any atom is 0.274 e. The van der Waals surface area contributed by atoms with Crippen LogP contribution < -0.4 is 0 Å². The van der Waals surface area contributed by atoms with Gasteiger partial charge in [-0.3, -0.25) is 14.6 Å². The molecule has 0 radical (unpaired) electrons. The number of carbonyl (C=O) groups is 2. The molecule has 2 aromatic heterocycles. The molecular formula is C19H20N6O2. The average Bonchev–Trinajstić information content (AvgIpc) is 3.16. The number of fused-ring (bicyclic) bond motifs is 1. The maximum atomic E-state index is 12.8. The predicted octanol–water partition coefficient (Wildman–Crippen LogP) is 1.51. The summed E-state index contributed by atoms with van der Waals surface area (Å²) in [5.74, 6) is 0.725. The van der Waals surface area contributed by atoms with Crippen LogP contribution in [0.2, 0.25) is 0 Å². The van der Waals surface area contributed by atoms with Gasteiger partial charge in [-0.15, -0.1) is 0 Å². The molecule has 1 aromatic carbocycles. The molecule has 1 fully saturated rings. The molecule has 0 aliphatic carbocycles. The summed E-state index contributed by atoms with van der Waals surface area (Å²) in [6, 6.07) is 5.52. The van der Waals surface area contributed by atoms with E-state index in [1.54, 1.807) is 9.80 Å². The Kier molecular flexibility index (Phi) is 4.53. The van der Waals surface area contributed by atoms with Gasteiger partial charge in [0, 0.05) is 50.6 Å². The molecule has 0 spiro atoms. The van der Waals surface area contributed by atoms with Crippen LogP contribution in [-0.4, -0.2) is 67.7 Å². The molecule has 1 saturated heterocycles.